The zero-order valence-electron chi connectivity index (χ0n) is 17.9. The second-order valence-electron chi connectivity index (χ2n) is 8.35. The van der Waals surface area contributed by atoms with Crippen molar-refractivity contribution < 1.29 is 18.0 Å². The molecule has 4 rings (SSSR count). The summed E-state index contributed by atoms with van der Waals surface area (Å²) in [7, 11) is 0. The molecule has 0 fully saturated rings. The molecule has 32 heavy (non-hydrogen) atoms. The average molecular weight is 437 g/mol. The fourth-order valence-corrected chi connectivity index (χ4v) is 3.58. The highest BCUT2D eigenvalue weighted by molar-refractivity contribution is 5.98. The molecule has 2 aromatic carbocycles. The van der Waals surface area contributed by atoms with E-state index < -0.39 is 11.6 Å². The molecule has 0 aliphatic carbocycles. The van der Waals surface area contributed by atoms with Gasteiger partial charge in [-0.2, -0.15) is 13.2 Å². The number of pyridine rings is 2. The highest BCUT2D eigenvalue weighted by Gasteiger charge is 2.49. The highest BCUT2D eigenvalue weighted by Crippen LogP contribution is 2.39. The Kier molecular flexibility index (Phi) is 5.36. The summed E-state index contributed by atoms with van der Waals surface area (Å²) in [6, 6.07) is 17.4. The Labute approximate surface area is 183 Å². The Morgan fingerprint density at radius 1 is 0.938 bits per heavy atom. The molecule has 0 unspecified atom stereocenters. The number of rotatable bonds is 4. The number of aromatic nitrogens is 2. The van der Waals surface area contributed by atoms with Crippen molar-refractivity contribution in [1.29, 1.82) is 0 Å². The van der Waals surface area contributed by atoms with Crippen LogP contribution >= 0.6 is 0 Å². The first-order chi connectivity index (χ1) is 15.1. The number of halogens is 3. The number of alkyl halides is 3. The van der Waals surface area contributed by atoms with Crippen molar-refractivity contribution >= 4 is 27.7 Å². The highest BCUT2D eigenvalue weighted by atomic mass is 19.4. The third-order valence-corrected chi connectivity index (χ3v) is 5.67. The van der Waals surface area contributed by atoms with Crippen molar-refractivity contribution in [2.24, 2.45) is 0 Å². The number of fused-ring (bicyclic) bond motifs is 2. The Morgan fingerprint density at radius 2 is 1.69 bits per heavy atom. The van der Waals surface area contributed by atoms with Crippen LogP contribution in [0.25, 0.3) is 21.8 Å². The van der Waals surface area contributed by atoms with E-state index in [4.69, 9.17) is 0 Å². The number of carbonyl (C=O) groups is 1. The zero-order valence-corrected chi connectivity index (χ0v) is 17.9. The van der Waals surface area contributed by atoms with Crippen LogP contribution in [-0.2, 0) is 12.0 Å². The molecule has 2 aromatic heterocycles. The van der Waals surface area contributed by atoms with Gasteiger partial charge in [0.2, 0.25) is 0 Å². The van der Waals surface area contributed by atoms with Gasteiger partial charge in [0.25, 0.3) is 5.91 Å². The molecule has 0 saturated heterocycles. The molecular formula is C25H22F3N3O. The summed E-state index contributed by atoms with van der Waals surface area (Å²) in [5.74, 6) is -0.273. The van der Waals surface area contributed by atoms with Crippen molar-refractivity contribution in [1.82, 2.24) is 15.3 Å². The van der Waals surface area contributed by atoms with Gasteiger partial charge >= 0.3 is 6.18 Å². The van der Waals surface area contributed by atoms with Gasteiger partial charge in [0.05, 0.1) is 16.7 Å². The fourth-order valence-electron chi connectivity index (χ4n) is 3.58. The van der Waals surface area contributed by atoms with E-state index in [1.54, 1.807) is 24.3 Å². The standard InChI is InChI=1S/C25H22F3N3O/c1-15-12-18(19-6-4-5-7-21(19)30-15)14-29-23(32)17-8-10-20-16(13-17)9-11-22(31-20)24(2,3)25(26,27)28/h4-13H,14H2,1-3H3,(H,29,32). The van der Waals surface area contributed by atoms with Crippen molar-refractivity contribution in [3.8, 4) is 0 Å². The van der Waals surface area contributed by atoms with Gasteiger partial charge in [-0.1, -0.05) is 24.3 Å². The molecule has 0 bridgehead atoms. The molecule has 0 aliphatic heterocycles. The van der Waals surface area contributed by atoms with E-state index in [1.165, 1.54) is 6.07 Å². The van der Waals surface area contributed by atoms with E-state index in [0.29, 0.717) is 23.0 Å². The number of aryl methyl sites for hydroxylation is 1. The minimum absolute atomic E-state index is 0.0605. The third kappa shape index (κ3) is 4.02. The molecule has 0 aliphatic rings. The molecule has 0 spiro atoms. The molecule has 1 N–H and O–H groups in total. The molecule has 0 atom stereocenters. The van der Waals surface area contributed by atoms with E-state index in [9.17, 15) is 18.0 Å². The van der Waals surface area contributed by atoms with Gasteiger partial charge in [-0.15, -0.1) is 0 Å². The Bertz CT molecular complexity index is 1330. The first-order valence-electron chi connectivity index (χ1n) is 10.2. The maximum Gasteiger partial charge on any atom is 0.399 e. The molecule has 7 heteroatoms. The van der Waals surface area contributed by atoms with Crippen LogP contribution in [0.3, 0.4) is 0 Å². The smallest absolute Gasteiger partial charge is 0.348 e. The van der Waals surface area contributed by atoms with E-state index in [2.05, 4.69) is 15.3 Å². The van der Waals surface area contributed by atoms with Crippen molar-refractivity contribution in [2.45, 2.75) is 38.9 Å². The van der Waals surface area contributed by atoms with Crippen LogP contribution in [0.4, 0.5) is 13.2 Å². The summed E-state index contributed by atoms with van der Waals surface area (Å²) >= 11 is 0. The summed E-state index contributed by atoms with van der Waals surface area (Å²) in [6.07, 6.45) is -4.41. The van der Waals surface area contributed by atoms with E-state index in [-0.39, 0.29) is 11.6 Å². The van der Waals surface area contributed by atoms with Crippen LogP contribution in [-0.4, -0.2) is 22.1 Å². The van der Waals surface area contributed by atoms with E-state index in [0.717, 1.165) is 36.0 Å². The Hall–Kier alpha value is -3.48. The van der Waals surface area contributed by atoms with Crippen LogP contribution < -0.4 is 5.32 Å². The Balaban J connectivity index is 1.57. The molecule has 4 nitrogen and oxygen atoms in total. The van der Waals surface area contributed by atoms with Crippen molar-refractivity contribution in [2.75, 3.05) is 0 Å². The number of benzene rings is 2. The first-order valence-corrected chi connectivity index (χ1v) is 10.2. The minimum atomic E-state index is -4.41. The SMILES string of the molecule is Cc1cc(CNC(=O)c2ccc3nc(C(C)(C)C(F)(F)F)ccc3c2)c2ccccc2n1. The number of nitrogens with zero attached hydrogens (tertiary/aromatic N) is 2. The minimum Gasteiger partial charge on any atom is -0.348 e. The number of amides is 1. The quantitative estimate of drug-likeness (QED) is 0.435. The fraction of sp³-hybridized carbons (Fsp3) is 0.240. The summed E-state index contributed by atoms with van der Waals surface area (Å²) in [5, 5.41) is 4.49. The second-order valence-corrected chi connectivity index (χ2v) is 8.35. The largest absolute Gasteiger partial charge is 0.399 e. The second kappa shape index (κ2) is 7.89. The molecule has 2 heterocycles. The molecule has 4 aromatic rings. The van der Waals surface area contributed by atoms with Crippen LogP contribution in [0.1, 0.15) is 41.2 Å². The molecule has 0 radical (unpaired) electrons. The number of para-hydroxylation sites is 1. The number of hydrogen-bond acceptors (Lipinski definition) is 3. The summed E-state index contributed by atoms with van der Waals surface area (Å²) in [6.45, 7) is 4.45. The third-order valence-electron chi connectivity index (χ3n) is 5.67. The normalized spacial score (nSPS) is 12.3. The predicted octanol–water partition coefficient (Wildman–Crippen LogP) is 5.86. The number of nitrogens with one attached hydrogen (secondary N) is 1. The molecule has 0 saturated carbocycles. The molecular weight excluding hydrogens is 415 g/mol. The van der Waals surface area contributed by atoms with Crippen LogP contribution in [0, 0.1) is 6.92 Å². The molecule has 164 valence electrons. The summed E-state index contributed by atoms with van der Waals surface area (Å²) < 4.78 is 40.0. The maximum absolute atomic E-state index is 13.3. The van der Waals surface area contributed by atoms with Gasteiger partial charge in [0.1, 0.15) is 5.41 Å². The topological polar surface area (TPSA) is 54.9 Å². The monoisotopic (exact) mass is 437 g/mol. The lowest BCUT2D eigenvalue weighted by atomic mass is 9.87. The Morgan fingerprint density at radius 3 is 2.44 bits per heavy atom. The van der Waals surface area contributed by atoms with Gasteiger partial charge in [0, 0.05) is 28.6 Å². The number of carbonyl (C=O) groups excluding carboxylic acids is 1. The lowest BCUT2D eigenvalue weighted by Gasteiger charge is -2.27. The lowest BCUT2D eigenvalue weighted by molar-refractivity contribution is -0.181. The lowest BCUT2D eigenvalue weighted by Crippen LogP contribution is -2.37. The van der Waals surface area contributed by atoms with Gasteiger partial charge in [-0.3, -0.25) is 14.8 Å². The molecule has 1 amide bonds. The predicted molar refractivity (Wildman–Crippen MR) is 118 cm³/mol. The average Bonchev–Trinajstić information content (AvgIpc) is 2.75. The van der Waals surface area contributed by atoms with E-state index in [1.807, 2.05) is 37.3 Å². The van der Waals surface area contributed by atoms with Gasteiger partial charge in [-0.25, -0.2) is 0 Å². The van der Waals surface area contributed by atoms with Gasteiger partial charge in [0.15, 0.2) is 0 Å². The van der Waals surface area contributed by atoms with Gasteiger partial charge < -0.3 is 5.32 Å². The van der Waals surface area contributed by atoms with Crippen LogP contribution in [0.2, 0.25) is 0 Å². The van der Waals surface area contributed by atoms with Crippen LogP contribution in [0.15, 0.2) is 60.7 Å². The number of hydrogen-bond donors (Lipinski definition) is 1. The zero-order chi connectivity index (χ0) is 23.1. The first kappa shape index (κ1) is 21.7. The van der Waals surface area contributed by atoms with Gasteiger partial charge in [-0.05, 0) is 62.7 Å². The summed E-state index contributed by atoms with van der Waals surface area (Å²) in [5.41, 5.74) is 1.39. The van der Waals surface area contributed by atoms with Crippen molar-refractivity contribution in [3.05, 3.63) is 83.2 Å². The van der Waals surface area contributed by atoms with E-state index >= 15 is 0 Å². The summed E-state index contributed by atoms with van der Waals surface area (Å²) in [4.78, 5) is 21.4. The van der Waals surface area contributed by atoms with Crippen LogP contribution in [0.5, 0.6) is 0 Å². The van der Waals surface area contributed by atoms with Crippen molar-refractivity contribution in [3.63, 3.8) is 0 Å². The maximum atomic E-state index is 13.3.